The summed E-state index contributed by atoms with van der Waals surface area (Å²) in [6.45, 7) is 2.13. The van der Waals surface area contributed by atoms with Gasteiger partial charge in [0.15, 0.2) is 0 Å². The number of benzene rings is 1. The van der Waals surface area contributed by atoms with E-state index in [1.54, 1.807) is 6.07 Å². The fourth-order valence-electron chi connectivity index (χ4n) is 6.89. The van der Waals surface area contributed by atoms with Crippen LogP contribution in [0.25, 0.3) is 0 Å². The minimum atomic E-state index is -0.915. The van der Waals surface area contributed by atoms with Crippen molar-refractivity contribution < 1.29 is 14.6 Å². The highest BCUT2D eigenvalue weighted by Crippen LogP contribution is 2.63. The van der Waals surface area contributed by atoms with Gasteiger partial charge in [-0.2, -0.15) is 0 Å². The van der Waals surface area contributed by atoms with Crippen LogP contribution in [0.5, 0.6) is 5.75 Å². The van der Waals surface area contributed by atoms with Gasteiger partial charge in [0.25, 0.3) is 0 Å². The van der Waals surface area contributed by atoms with E-state index in [0.717, 1.165) is 62.0 Å². The molecule has 0 amide bonds. The SMILES string of the molecule is C[C@]12CC(F)[C@@H]3c4ccc(O)cc4CC(CCCCCCCl)[C@H]3[C@@H]1CCC2O. The molecule has 156 valence electrons. The number of aliphatic hydroxyl groups excluding tert-OH is 1. The standard InChI is InChI=1S/C24H34ClFO2/c1-24-14-20(26)23-18-8-7-17(27)13-16(18)12-15(6-4-2-3-5-11-25)22(23)19(24)9-10-21(24)28/h7-8,13,15,19-23,27-28H,2-6,9-12,14H2,1H3/t15?,19-,20?,21?,22-,23-,24-/m0/s1. The molecule has 0 radical (unpaired) electrons. The van der Waals surface area contributed by atoms with Gasteiger partial charge in [-0.3, -0.25) is 0 Å². The van der Waals surface area contributed by atoms with Crippen molar-refractivity contribution >= 4 is 11.6 Å². The van der Waals surface area contributed by atoms with Crippen LogP contribution in [0.15, 0.2) is 18.2 Å². The lowest BCUT2D eigenvalue weighted by Crippen LogP contribution is -2.51. The van der Waals surface area contributed by atoms with E-state index in [0.29, 0.717) is 24.2 Å². The number of aliphatic hydroxyl groups is 1. The molecule has 4 heteroatoms. The van der Waals surface area contributed by atoms with Crippen molar-refractivity contribution in [2.75, 3.05) is 5.88 Å². The van der Waals surface area contributed by atoms with Gasteiger partial charge < -0.3 is 10.2 Å². The highest BCUT2D eigenvalue weighted by Gasteiger charge is 2.59. The van der Waals surface area contributed by atoms with Crippen LogP contribution in [0.4, 0.5) is 4.39 Å². The first-order valence-corrected chi connectivity index (χ1v) is 11.7. The van der Waals surface area contributed by atoms with Crippen molar-refractivity contribution in [3.8, 4) is 5.75 Å². The Labute approximate surface area is 173 Å². The van der Waals surface area contributed by atoms with Crippen LogP contribution in [0.1, 0.15) is 75.3 Å². The summed E-state index contributed by atoms with van der Waals surface area (Å²) in [5.41, 5.74) is 1.96. The molecule has 7 atom stereocenters. The van der Waals surface area contributed by atoms with E-state index >= 15 is 4.39 Å². The molecule has 3 aliphatic rings. The molecule has 0 spiro atoms. The average molecular weight is 409 g/mol. The molecule has 3 unspecified atom stereocenters. The predicted octanol–water partition coefficient (Wildman–Crippen LogP) is 5.97. The topological polar surface area (TPSA) is 40.5 Å². The molecule has 3 aliphatic carbocycles. The summed E-state index contributed by atoms with van der Waals surface area (Å²) in [5.74, 6) is 2.06. The van der Waals surface area contributed by atoms with Gasteiger partial charge in [-0.25, -0.2) is 4.39 Å². The molecule has 2 nitrogen and oxygen atoms in total. The lowest BCUT2D eigenvalue weighted by atomic mass is 9.51. The number of hydrogen-bond donors (Lipinski definition) is 2. The quantitative estimate of drug-likeness (QED) is 0.449. The van der Waals surface area contributed by atoms with Gasteiger partial charge in [0.1, 0.15) is 11.9 Å². The largest absolute Gasteiger partial charge is 0.508 e. The van der Waals surface area contributed by atoms with Crippen LogP contribution >= 0.6 is 11.6 Å². The molecule has 1 aromatic rings. The Morgan fingerprint density at radius 3 is 2.75 bits per heavy atom. The van der Waals surface area contributed by atoms with E-state index in [4.69, 9.17) is 11.6 Å². The number of aromatic hydroxyl groups is 1. The van der Waals surface area contributed by atoms with E-state index in [1.807, 2.05) is 12.1 Å². The number of alkyl halides is 2. The molecule has 0 bridgehead atoms. The van der Waals surface area contributed by atoms with E-state index in [1.165, 1.54) is 6.42 Å². The average Bonchev–Trinajstić information content (AvgIpc) is 2.95. The van der Waals surface area contributed by atoms with Crippen molar-refractivity contribution in [1.82, 2.24) is 0 Å². The first-order chi connectivity index (χ1) is 13.5. The van der Waals surface area contributed by atoms with Crippen molar-refractivity contribution in [3.05, 3.63) is 29.3 Å². The second kappa shape index (κ2) is 8.14. The maximum absolute atomic E-state index is 15.6. The van der Waals surface area contributed by atoms with Crippen molar-refractivity contribution in [2.24, 2.45) is 23.2 Å². The molecule has 0 heterocycles. The molecule has 2 N–H and O–H groups in total. The Hall–Kier alpha value is -0.800. The second-order valence-electron chi connectivity index (χ2n) is 9.77. The summed E-state index contributed by atoms with van der Waals surface area (Å²) in [4.78, 5) is 0. The minimum Gasteiger partial charge on any atom is -0.508 e. The third-order valence-electron chi connectivity index (χ3n) is 8.23. The third kappa shape index (κ3) is 3.47. The Bertz CT molecular complexity index is 695. The number of halogens is 2. The van der Waals surface area contributed by atoms with Crippen LogP contribution in [-0.4, -0.2) is 28.4 Å². The number of phenolic OH excluding ortho intramolecular Hbond substituents is 1. The number of fused-ring (bicyclic) bond motifs is 5. The van der Waals surface area contributed by atoms with Gasteiger partial charge in [0.2, 0.25) is 0 Å². The zero-order valence-electron chi connectivity index (χ0n) is 16.9. The van der Waals surface area contributed by atoms with E-state index in [9.17, 15) is 10.2 Å². The molecule has 0 aromatic heterocycles. The first kappa shape index (κ1) is 20.5. The van der Waals surface area contributed by atoms with Crippen molar-refractivity contribution in [3.63, 3.8) is 0 Å². The van der Waals surface area contributed by atoms with E-state index < -0.39 is 6.17 Å². The van der Waals surface area contributed by atoms with Gasteiger partial charge >= 0.3 is 0 Å². The Kier molecular flexibility index (Phi) is 5.95. The summed E-state index contributed by atoms with van der Waals surface area (Å²) in [5, 5.41) is 20.7. The van der Waals surface area contributed by atoms with Gasteiger partial charge in [0.05, 0.1) is 6.10 Å². The number of unbranched alkanes of at least 4 members (excludes halogenated alkanes) is 3. The zero-order valence-corrected chi connectivity index (χ0v) is 17.7. The molecule has 2 saturated carbocycles. The Morgan fingerprint density at radius 2 is 1.96 bits per heavy atom. The lowest BCUT2D eigenvalue weighted by molar-refractivity contribution is -0.0722. The fraction of sp³-hybridized carbons (Fsp3) is 0.750. The molecular weight excluding hydrogens is 375 g/mol. The normalized spacial score (nSPS) is 39.3. The van der Waals surface area contributed by atoms with Crippen LogP contribution < -0.4 is 0 Å². The van der Waals surface area contributed by atoms with Crippen molar-refractivity contribution in [2.45, 2.75) is 82.9 Å². The predicted molar refractivity (Wildman–Crippen MR) is 112 cm³/mol. The molecule has 1 aromatic carbocycles. The maximum Gasteiger partial charge on any atom is 0.115 e. The minimum absolute atomic E-state index is 0.0828. The number of phenols is 1. The second-order valence-corrected chi connectivity index (χ2v) is 10.1. The number of hydrogen-bond acceptors (Lipinski definition) is 2. The highest BCUT2D eigenvalue weighted by atomic mass is 35.5. The Morgan fingerprint density at radius 1 is 1.18 bits per heavy atom. The van der Waals surface area contributed by atoms with Crippen LogP contribution in [0, 0.1) is 23.2 Å². The molecule has 0 saturated heterocycles. The van der Waals surface area contributed by atoms with Crippen LogP contribution in [-0.2, 0) is 6.42 Å². The number of rotatable bonds is 6. The van der Waals surface area contributed by atoms with Crippen LogP contribution in [0.2, 0.25) is 0 Å². The van der Waals surface area contributed by atoms with E-state index in [-0.39, 0.29) is 23.2 Å². The van der Waals surface area contributed by atoms with Gasteiger partial charge in [0, 0.05) is 11.8 Å². The fourth-order valence-corrected chi connectivity index (χ4v) is 7.08. The monoisotopic (exact) mass is 408 g/mol. The first-order valence-electron chi connectivity index (χ1n) is 11.2. The van der Waals surface area contributed by atoms with Gasteiger partial charge in [-0.15, -0.1) is 11.6 Å². The summed E-state index contributed by atoms with van der Waals surface area (Å²) in [6, 6.07) is 5.53. The summed E-state index contributed by atoms with van der Waals surface area (Å²) in [6.07, 6.45) is 7.58. The molecule has 28 heavy (non-hydrogen) atoms. The molecule has 2 fully saturated rings. The summed E-state index contributed by atoms with van der Waals surface area (Å²) >= 11 is 5.81. The molecular formula is C24H34ClFO2. The lowest BCUT2D eigenvalue weighted by Gasteiger charge is -2.54. The van der Waals surface area contributed by atoms with Gasteiger partial charge in [-0.05, 0) is 85.0 Å². The van der Waals surface area contributed by atoms with E-state index in [2.05, 4.69) is 6.92 Å². The third-order valence-corrected chi connectivity index (χ3v) is 8.50. The highest BCUT2D eigenvalue weighted by molar-refractivity contribution is 6.17. The maximum atomic E-state index is 15.6. The summed E-state index contributed by atoms with van der Waals surface area (Å²) < 4.78 is 15.6. The van der Waals surface area contributed by atoms with Crippen molar-refractivity contribution in [1.29, 1.82) is 0 Å². The zero-order chi connectivity index (χ0) is 19.9. The smallest absolute Gasteiger partial charge is 0.115 e. The molecule has 0 aliphatic heterocycles. The Balaban J connectivity index is 1.64. The molecule has 4 rings (SSSR count). The van der Waals surface area contributed by atoms with Gasteiger partial charge in [-0.1, -0.05) is 32.3 Å². The van der Waals surface area contributed by atoms with Crippen LogP contribution in [0.3, 0.4) is 0 Å². The summed E-state index contributed by atoms with van der Waals surface area (Å²) in [7, 11) is 0.